The second-order valence-corrected chi connectivity index (χ2v) is 12.5. The number of phenols is 1. The Morgan fingerprint density at radius 3 is 2.24 bits per heavy atom. The van der Waals surface area contributed by atoms with Gasteiger partial charge in [0.25, 0.3) is 0 Å². The van der Waals surface area contributed by atoms with E-state index in [2.05, 4.69) is 78.9 Å². The number of fused-ring (bicyclic) bond motifs is 4. The van der Waals surface area contributed by atoms with E-state index in [0.29, 0.717) is 17.0 Å². The third-order valence-electron chi connectivity index (χ3n) is 8.51. The smallest absolute Gasteiger partial charge is 0.149 e. The topological polar surface area (TPSA) is 64.1 Å². The summed E-state index contributed by atoms with van der Waals surface area (Å²) < 4.78 is 8.20. The second-order valence-electron chi connectivity index (χ2n) is 12.5. The van der Waals surface area contributed by atoms with Crippen molar-refractivity contribution < 1.29 is 9.52 Å². The molecule has 5 nitrogen and oxygen atoms in total. The molecular formula is C40H31N3O2. The van der Waals surface area contributed by atoms with Gasteiger partial charge in [-0.25, -0.2) is 4.98 Å². The van der Waals surface area contributed by atoms with E-state index in [1.807, 2.05) is 72.9 Å². The van der Waals surface area contributed by atoms with Crippen LogP contribution in [0.25, 0.3) is 72.4 Å². The first-order chi connectivity index (χ1) is 21.8. The number of benzene rings is 5. The van der Waals surface area contributed by atoms with Gasteiger partial charge in [0.2, 0.25) is 0 Å². The monoisotopic (exact) mass is 585 g/mol. The van der Waals surface area contributed by atoms with E-state index in [1.54, 1.807) is 6.07 Å². The van der Waals surface area contributed by atoms with E-state index in [9.17, 15) is 5.11 Å². The molecule has 0 radical (unpaired) electrons. The lowest BCUT2D eigenvalue weighted by Crippen LogP contribution is -2.11. The lowest BCUT2D eigenvalue weighted by atomic mass is 9.83. The van der Waals surface area contributed by atoms with E-state index < -0.39 is 0 Å². The highest BCUT2D eigenvalue weighted by molar-refractivity contribution is 6.07. The van der Waals surface area contributed by atoms with Crippen LogP contribution < -0.4 is 0 Å². The van der Waals surface area contributed by atoms with Crippen molar-refractivity contribution in [1.29, 1.82) is 0 Å². The molecule has 0 aliphatic rings. The predicted octanol–water partition coefficient (Wildman–Crippen LogP) is 10.3. The van der Waals surface area contributed by atoms with Crippen LogP contribution in [0, 0.1) is 0 Å². The number of aromatic nitrogens is 3. The fraction of sp³-hybridized carbons (Fsp3) is 0.100. The van der Waals surface area contributed by atoms with E-state index in [-0.39, 0.29) is 11.2 Å². The maximum Gasteiger partial charge on any atom is 0.149 e. The third-order valence-corrected chi connectivity index (χ3v) is 8.51. The average Bonchev–Trinajstić information content (AvgIpc) is 3.62. The van der Waals surface area contributed by atoms with E-state index in [0.717, 1.165) is 55.5 Å². The SMILES string of the molecule is CC(C)(C)c1cc(-c2ccccn2)cc(-c2cccc3c2nc(-c2cc4c(cc2O)oc2ccccc24)n3-c2ccccc2)c1. The number of furan rings is 1. The molecule has 5 aromatic carbocycles. The highest BCUT2D eigenvalue weighted by atomic mass is 16.3. The molecule has 3 heterocycles. The fourth-order valence-corrected chi connectivity index (χ4v) is 6.19. The molecule has 8 rings (SSSR count). The number of pyridine rings is 1. The zero-order chi connectivity index (χ0) is 30.7. The van der Waals surface area contributed by atoms with Gasteiger partial charge in [0, 0.05) is 39.8 Å². The van der Waals surface area contributed by atoms with Crippen molar-refractivity contribution >= 4 is 33.0 Å². The van der Waals surface area contributed by atoms with Crippen LogP contribution in [0.3, 0.4) is 0 Å². The Morgan fingerprint density at radius 2 is 1.44 bits per heavy atom. The van der Waals surface area contributed by atoms with Gasteiger partial charge >= 0.3 is 0 Å². The number of nitrogens with zero attached hydrogens (tertiary/aromatic N) is 3. The molecule has 5 heteroatoms. The van der Waals surface area contributed by atoms with Crippen molar-refractivity contribution in [3.8, 4) is 45.2 Å². The van der Waals surface area contributed by atoms with Crippen molar-refractivity contribution in [2.24, 2.45) is 0 Å². The summed E-state index contributed by atoms with van der Waals surface area (Å²) in [5.74, 6) is 0.771. The van der Waals surface area contributed by atoms with Crippen LogP contribution in [-0.4, -0.2) is 19.6 Å². The summed E-state index contributed by atoms with van der Waals surface area (Å²) in [5, 5.41) is 13.4. The maximum atomic E-state index is 11.4. The zero-order valence-electron chi connectivity index (χ0n) is 25.3. The van der Waals surface area contributed by atoms with Crippen LogP contribution in [-0.2, 0) is 5.41 Å². The number of hydrogen-bond acceptors (Lipinski definition) is 4. The van der Waals surface area contributed by atoms with Crippen LogP contribution in [0.4, 0.5) is 0 Å². The van der Waals surface area contributed by atoms with E-state index in [4.69, 9.17) is 9.40 Å². The van der Waals surface area contributed by atoms with Crippen molar-refractivity contribution in [2.75, 3.05) is 0 Å². The van der Waals surface area contributed by atoms with Gasteiger partial charge in [-0.1, -0.05) is 81.4 Å². The highest BCUT2D eigenvalue weighted by Gasteiger charge is 2.23. The molecule has 0 fully saturated rings. The molecule has 0 atom stereocenters. The molecule has 0 aliphatic heterocycles. The summed E-state index contributed by atoms with van der Waals surface area (Å²) in [4.78, 5) is 9.98. The van der Waals surface area contributed by atoms with Crippen LogP contribution in [0.2, 0.25) is 0 Å². The van der Waals surface area contributed by atoms with Gasteiger partial charge in [-0.15, -0.1) is 0 Å². The van der Waals surface area contributed by atoms with Gasteiger partial charge in [0.15, 0.2) is 0 Å². The van der Waals surface area contributed by atoms with Crippen LogP contribution >= 0.6 is 0 Å². The Kier molecular flexibility index (Phi) is 6.10. The van der Waals surface area contributed by atoms with Gasteiger partial charge in [-0.3, -0.25) is 9.55 Å². The first-order valence-corrected chi connectivity index (χ1v) is 15.1. The Labute approximate surface area is 261 Å². The lowest BCUT2D eigenvalue weighted by molar-refractivity contribution is 0.476. The second kappa shape index (κ2) is 10.2. The van der Waals surface area contributed by atoms with Crippen molar-refractivity contribution in [1.82, 2.24) is 14.5 Å². The average molecular weight is 586 g/mol. The Hall–Kier alpha value is -5.68. The number of imidazole rings is 1. The minimum absolute atomic E-state index is 0.0729. The number of aromatic hydroxyl groups is 1. The van der Waals surface area contributed by atoms with Crippen LogP contribution in [0.5, 0.6) is 5.75 Å². The molecule has 3 aromatic heterocycles. The van der Waals surface area contributed by atoms with Crippen LogP contribution in [0.15, 0.2) is 132 Å². The summed E-state index contributed by atoms with van der Waals surface area (Å²) in [6.45, 7) is 6.70. The van der Waals surface area contributed by atoms with Crippen molar-refractivity contribution in [2.45, 2.75) is 26.2 Å². The molecule has 0 saturated heterocycles. The minimum Gasteiger partial charge on any atom is -0.507 e. The van der Waals surface area contributed by atoms with Gasteiger partial charge in [0.05, 0.1) is 22.3 Å². The molecule has 0 bridgehead atoms. The Balaban J connectivity index is 1.42. The predicted molar refractivity (Wildman–Crippen MR) is 183 cm³/mol. The highest BCUT2D eigenvalue weighted by Crippen LogP contribution is 2.42. The van der Waals surface area contributed by atoms with Gasteiger partial charge in [-0.2, -0.15) is 0 Å². The van der Waals surface area contributed by atoms with Gasteiger partial charge in [-0.05, 0) is 71.1 Å². The molecule has 0 unspecified atom stereocenters. The first-order valence-electron chi connectivity index (χ1n) is 15.1. The van der Waals surface area contributed by atoms with Gasteiger partial charge < -0.3 is 9.52 Å². The fourth-order valence-electron chi connectivity index (χ4n) is 6.19. The maximum absolute atomic E-state index is 11.4. The summed E-state index contributed by atoms with van der Waals surface area (Å²) in [7, 11) is 0. The quantitative estimate of drug-likeness (QED) is 0.223. The van der Waals surface area contributed by atoms with Gasteiger partial charge in [0.1, 0.15) is 22.7 Å². The number of phenolic OH excluding ortho intramolecular Hbond substituents is 1. The van der Waals surface area contributed by atoms with Crippen molar-refractivity contribution in [3.63, 3.8) is 0 Å². The molecule has 1 N–H and O–H groups in total. The Bertz CT molecular complexity index is 2360. The zero-order valence-corrected chi connectivity index (χ0v) is 25.3. The number of para-hydroxylation sites is 3. The summed E-state index contributed by atoms with van der Waals surface area (Å²) in [6, 6.07) is 40.9. The molecule has 0 aliphatic carbocycles. The standard InChI is InChI=1S/C40H31N3O2/c1-40(2,3)27-21-25(20-26(22-27)33-16-9-10-19-41-33)29-15-11-17-34-38(29)42-39(43(34)28-12-5-4-6-13-28)32-23-31-30-14-7-8-18-36(30)45-37(31)24-35(32)44/h4-24,44H,1-3H3. The Morgan fingerprint density at radius 1 is 0.667 bits per heavy atom. The summed E-state index contributed by atoms with van der Waals surface area (Å²) in [5.41, 5.74) is 10.0. The number of hydrogen-bond donors (Lipinski definition) is 1. The third kappa shape index (κ3) is 4.56. The molecule has 8 aromatic rings. The molecule has 0 saturated carbocycles. The van der Waals surface area contributed by atoms with E-state index >= 15 is 0 Å². The largest absolute Gasteiger partial charge is 0.507 e. The van der Waals surface area contributed by atoms with E-state index in [1.165, 1.54) is 5.56 Å². The molecule has 218 valence electrons. The normalized spacial score (nSPS) is 12.0. The van der Waals surface area contributed by atoms with Crippen molar-refractivity contribution in [3.05, 3.63) is 133 Å². The summed E-state index contributed by atoms with van der Waals surface area (Å²) in [6.07, 6.45) is 1.83. The number of rotatable bonds is 4. The summed E-state index contributed by atoms with van der Waals surface area (Å²) >= 11 is 0. The van der Waals surface area contributed by atoms with Crippen LogP contribution in [0.1, 0.15) is 26.3 Å². The molecule has 0 amide bonds. The molecule has 45 heavy (non-hydrogen) atoms. The lowest BCUT2D eigenvalue weighted by Gasteiger charge is -2.21. The molecular weight excluding hydrogens is 554 g/mol. The minimum atomic E-state index is -0.0729. The molecule has 0 spiro atoms. The first kappa shape index (κ1) is 26.9.